The Labute approximate surface area is 109 Å². The molecule has 1 atom stereocenters. The largest absolute Gasteiger partial charge is 0.610 e. The smallest absolute Gasteiger partial charge is 0.302 e. The third-order valence-corrected chi connectivity index (χ3v) is 3.34. The molecule has 0 aromatic heterocycles. The topological polar surface area (TPSA) is 49.4 Å². The Bertz CT molecular complexity index is 406. The molecule has 0 aliphatic carbocycles. The van der Waals surface area contributed by atoms with Crippen molar-refractivity contribution in [2.24, 2.45) is 0 Å². The van der Waals surface area contributed by atoms with Gasteiger partial charge >= 0.3 is 5.97 Å². The van der Waals surface area contributed by atoms with Gasteiger partial charge in [-0.1, -0.05) is 30.3 Å². The van der Waals surface area contributed by atoms with Crippen LogP contribution in [-0.4, -0.2) is 22.9 Å². The average Bonchev–Trinajstić information content (AvgIpc) is 2.36. The van der Waals surface area contributed by atoms with E-state index in [0.717, 1.165) is 11.6 Å². The summed E-state index contributed by atoms with van der Waals surface area (Å²) in [5, 5.41) is -0.743. The Hall–Kier alpha value is -1.33. The number of hydrogen-bond acceptors (Lipinski definition) is 3. The molecule has 0 aliphatic rings. The summed E-state index contributed by atoms with van der Waals surface area (Å²) >= 11 is -1.68. The maximum atomic E-state index is 13.3. The molecule has 0 saturated carbocycles. The summed E-state index contributed by atoms with van der Waals surface area (Å²) in [6.45, 7) is 1.05. The van der Waals surface area contributed by atoms with E-state index >= 15 is 0 Å². The second-order valence-corrected chi connectivity index (χ2v) is 5.09. The van der Waals surface area contributed by atoms with E-state index in [4.69, 9.17) is 0 Å². The quantitative estimate of drug-likeness (QED) is 0.589. The van der Waals surface area contributed by atoms with Gasteiger partial charge in [-0.2, -0.15) is 4.39 Å². The maximum absolute atomic E-state index is 13.3. The van der Waals surface area contributed by atoms with Crippen LogP contribution in [0.15, 0.2) is 41.6 Å². The van der Waals surface area contributed by atoms with Gasteiger partial charge in [0.2, 0.25) is 0 Å². The lowest BCUT2D eigenvalue weighted by atomic mass is 10.2. The Morgan fingerprint density at radius 2 is 2.11 bits per heavy atom. The van der Waals surface area contributed by atoms with E-state index in [2.05, 4.69) is 4.74 Å². The minimum Gasteiger partial charge on any atom is -0.610 e. The number of carbonyl (C=O) groups is 1. The highest BCUT2D eigenvalue weighted by atomic mass is 32.2. The molecule has 0 N–H and O–H groups in total. The van der Waals surface area contributed by atoms with Crippen molar-refractivity contribution in [3.05, 3.63) is 47.1 Å². The lowest BCUT2D eigenvalue weighted by Crippen LogP contribution is -2.10. The van der Waals surface area contributed by atoms with Crippen LogP contribution in [0.2, 0.25) is 0 Å². The Morgan fingerprint density at radius 1 is 1.44 bits per heavy atom. The van der Waals surface area contributed by atoms with E-state index in [1.807, 2.05) is 30.3 Å². The van der Waals surface area contributed by atoms with Crippen molar-refractivity contribution in [3.8, 4) is 0 Å². The number of hydrogen-bond donors (Lipinski definition) is 0. The van der Waals surface area contributed by atoms with E-state index < -0.39 is 22.3 Å². The molecule has 0 saturated heterocycles. The molecule has 5 heteroatoms. The Morgan fingerprint density at radius 3 is 2.72 bits per heavy atom. The fourth-order valence-corrected chi connectivity index (χ4v) is 2.14. The first kappa shape index (κ1) is 14.7. The predicted molar refractivity (Wildman–Crippen MR) is 69.0 cm³/mol. The first-order valence-electron chi connectivity index (χ1n) is 5.51. The summed E-state index contributed by atoms with van der Waals surface area (Å²) in [5.41, 5.74) is 1.01. The number of rotatable bonds is 6. The van der Waals surface area contributed by atoms with Gasteiger partial charge in [-0.25, -0.2) is 0 Å². The first-order valence-corrected chi connectivity index (χ1v) is 6.83. The molecule has 3 nitrogen and oxygen atoms in total. The van der Waals surface area contributed by atoms with Gasteiger partial charge in [0.15, 0.2) is 0 Å². The summed E-state index contributed by atoms with van der Waals surface area (Å²) in [4.78, 5) is 10.5. The summed E-state index contributed by atoms with van der Waals surface area (Å²) in [7, 11) is 0. The summed E-state index contributed by atoms with van der Waals surface area (Å²) < 4.78 is 29.4. The fourth-order valence-electron chi connectivity index (χ4n) is 1.27. The second kappa shape index (κ2) is 7.89. The van der Waals surface area contributed by atoms with E-state index in [1.165, 1.54) is 6.92 Å². The molecule has 98 valence electrons. The highest BCUT2D eigenvalue weighted by Gasteiger charge is 2.13. The Balaban J connectivity index is 2.35. The number of esters is 1. The van der Waals surface area contributed by atoms with Crippen LogP contribution in [0, 0.1) is 0 Å². The maximum Gasteiger partial charge on any atom is 0.302 e. The number of halogens is 1. The molecule has 18 heavy (non-hydrogen) atoms. The second-order valence-electron chi connectivity index (χ2n) is 3.60. The molecule has 0 radical (unpaired) electrons. The van der Waals surface area contributed by atoms with Crippen molar-refractivity contribution in [2.75, 3.05) is 12.4 Å². The lowest BCUT2D eigenvalue weighted by Gasteiger charge is -2.07. The van der Waals surface area contributed by atoms with Gasteiger partial charge in [-0.05, 0) is 5.56 Å². The summed E-state index contributed by atoms with van der Waals surface area (Å²) in [6, 6.07) is 9.45. The van der Waals surface area contributed by atoms with E-state index in [-0.39, 0.29) is 12.4 Å². The SMILES string of the molecule is CC(=O)OC/C=C(\F)[S+]([O-])CCc1ccccc1. The van der Waals surface area contributed by atoms with Crippen LogP contribution < -0.4 is 0 Å². The van der Waals surface area contributed by atoms with Crippen molar-refractivity contribution in [1.29, 1.82) is 0 Å². The number of ether oxygens (including phenoxy) is 1. The zero-order valence-electron chi connectivity index (χ0n) is 10.1. The predicted octanol–water partition coefficient (Wildman–Crippen LogP) is 2.35. The molecule has 0 amide bonds. The number of benzene rings is 1. The highest BCUT2D eigenvalue weighted by Crippen LogP contribution is 2.11. The zero-order chi connectivity index (χ0) is 13.4. The number of carbonyl (C=O) groups excluding carboxylic acids is 1. The monoisotopic (exact) mass is 270 g/mol. The van der Waals surface area contributed by atoms with E-state index in [1.54, 1.807) is 0 Å². The minimum atomic E-state index is -1.68. The van der Waals surface area contributed by atoms with Crippen LogP contribution >= 0.6 is 0 Å². The molecule has 0 heterocycles. The molecule has 0 fully saturated rings. The molecular formula is C13H15FO3S. The molecular weight excluding hydrogens is 255 g/mol. The van der Waals surface area contributed by atoms with Gasteiger partial charge in [0.25, 0.3) is 5.16 Å². The Kier molecular flexibility index (Phi) is 6.46. The van der Waals surface area contributed by atoms with Crippen LogP contribution in [0.5, 0.6) is 0 Å². The molecule has 1 aromatic carbocycles. The average molecular weight is 270 g/mol. The van der Waals surface area contributed by atoms with Crippen LogP contribution in [0.4, 0.5) is 4.39 Å². The van der Waals surface area contributed by atoms with E-state index in [0.29, 0.717) is 6.42 Å². The fraction of sp³-hybridized carbons (Fsp3) is 0.308. The molecule has 0 aliphatic heterocycles. The van der Waals surface area contributed by atoms with Gasteiger partial charge in [-0.3, -0.25) is 4.79 Å². The minimum absolute atomic E-state index is 0.182. The first-order chi connectivity index (χ1) is 8.59. The highest BCUT2D eigenvalue weighted by molar-refractivity contribution is 7.95. The molecule has 1 rings (SSSR count). The van der Waals surface area contributed by atoms with Crippen LogP contribution in [0.1, 0.15) is 12.5 Å². The summed E-state index contributed by atoms with van der Waals surface area (Å²) in [5.74, 6) is -0.277. The summed E-state index contributed by atoms with van der Waals surface area (Å²) in [6.07, 6.45) is 1.57. The van der Waals surface area contributed by atoms with Gasteiger partial charge in [-0.15, -0.1) is 0 Å². The zero-order valence-corrected chi connectivity index (χ0v) is 10.9. The number of aryl methyl sites for hydroxylation is 1. The van der Waals surface area contributed by atoms with Gasteiger partial charge in [0.1, 0.15) is 12.4 Å². The van der Waals surface area contributed by atoms with Crippen LogP contribution in [0.25, 0.3) is 0 Å². The van der Waals surface area contributed by atoms with Crippen molar-refractivity contribution in [3.63, 3.8) is 0 Å². The van der Waals surface area contributed by atoms with Crippen molar-refractivity contribution in [2.45, 2.75) is 13.3 Å². The van der Waals surface area contributed by atoms with Crippen molar-refractivity contribution in [1.82, 2.24) is 0 Å². The third-order valence-electron chi connectivity index (χ3n) is 2.17. The molecule has 0 bridgehead atoms. The standard InChI is InChI=1S/C13H15FO3S/c1-11(15)17-9-7-13(14)18(16)10-8-12-5-3-2-4-6-12/h2-7H,8-10H2,1H3/b13-7+. The lowest BCUT2D eigenvalue weighted by molar-refractivity contribution is -0.139. The molecule has 1 unspecified atom stereocenters. The van der Waals surface area contributed by atoms with Gasteiger partial charge < -0.3 is 9.29 Å². The van der Waals surface area contributed by atoms with E-state index in [9.17, 15) is 13.7 Å². The van der Waals surface area contributed by atoms with Gasteiger partial charge in [0, 0.05) is 30.6 Å². The van der Waals surface area contributed by atoms with Crippen molar-refractivity contribution >= 4 is 17.1 Å². The van der Waals surface area contributed by atoms with Crippen LogP contribution in [-0.2, 0) is 27.1 Å². The third kappa shape index (κ3) is 5.84. The molecule has 0 spiro atoms. The van der Waals surface area contributed by atoms with Crippen molar-refractivity contribution < 1.29 is 18.5 Å². The van der Waals surface area contributed by atoms with Crippen LogP contribution in [0.3, 0.4) is 0 Å². The normalized spacial score (nSPS) is 13.2. The van der Waals surface area contributed by atoms with Gasteiger partial charge in [0.05, 0.1) is 0 Å². The molecule has 1 aromatic rings.